The number of likely N-dealkylation sites (N-methyl/N-ethyl adjacent to an activating group) is 1. The van der Waals surface area contributed by atoms with Gasteiger partial charge in [0.1, 0.15) is 17.3 Å². The van der Waals surface area contributed by atoms with Gasteiger partial charge in [0, 0.05) is 36.3 Å². The van der Waals surface area contributed by atoms with Crippen molar-refractivity contribution in [3.63, 3.8) is 0 Å². The van der Waals surface area contributed by atoms with Gasteiger partial charge in [-0.2, -0.15) is 0 Å². The van der Waals surface area contributed by atoms with Crippen molar-refractivity contribution >= 4 is 11.7 Å². The summed E-state index contributed by atoms with van der Waals surface area (Å²) in [6, 6.07) is 3.55. The molecule has 1 aliphatic carbocycles. The highest BCUT2D eigenvalue weighted by Crippen LogP contribution is 2.31. The van der Waals surface area contributed by atoms with Gasteiger partial charge in [-0.15, -0.1) is 0 Å². The Morgan fingerprint density at radius 1 is 1.39 bits per heavy atom. The van der Waals surface area contributed by atoms with Gasteiger partial charge in [-0.1, -0.05) is 12.7 Å². The van der Waals surface area contributed by atoms with E-state index >= 15 is 0 Å². The summed E-state index contributed by atoms with van der Waals surface area (Å²) >= 11 is 0. The molecule has 1 aliphatic rings. The fourth-order valence-electron chi connectivity index (χ4n) is 3.35. The van der Waals surface area contributed by atoms with E-state index in [1.165, 1.54) is 25.2 Å². The van der Waals surface area contributed by atoms with E-state index in [0.29, 0.717) is 23.0 Å². The number of allylic oxidation sites excluding steroid dienone is 4. The highest BCUT2D eigenvalue weighted by Gasteiger charge is 2.23. The molecule has 3 rings (SSSR count). The lowest BCUT2D eigenvalue weighted by molar-refractivity contribution is -0.118. The van der Waals surface area contributed by atoms with Crippen molar-refractivity contribution in [3.05, 3.63) is 65.9 Å². The molecule has 0 radical (unpaired) electrons. The minimum absolute atomic E-state index is 0.0826. The number of fused-ring (bicyclic) bond motifs is 1. The van der Waals surface area contributed by atoms with Crippen molar-refractivity contribution in [1.82, 2.24) is 20.3 Å². The molecule has 0 unspecified atom stereocenters. The zero-order chi connectivity index (χ0) is 22.4. The summed E-state index contributed by atoms with van der Waals surface area (Å²) in [5, 5.41) is 2.70. The van der Waals surface area contributed by atoms with Crippen LogP contribution < -0.4 is 15.0 Å². The number of carbonyl (C=O) groups is 1. The van der Waals surface area contributed by atoms with Gasteiger partial charge in [-0.3, -0.25) is 9.78 Å². The van der Waals surface area contributed by atoms with Crippen LogP contribution >= 0.6 is 0 Å². The van der Waals surface area contributed by atoms with E-state index in [2.05, 4.69) is 16.9 Å². The van der Waals surface area contributed by atoms with Gasteiger partial charge in [-0.25, -0.2) is 14.4 Å². The van der Waals surface area contributed by atoms with Crippen LogP contribution in [-0.4, -0.2) is 41.6 Å². The zero-order valence-electron chi connectivity index (χ0n) is 18.0. The van der Waals surface area contributed by atoms with E-state index in [9.17, 15) is 9.18 Å². The fourth-order valence-corrected chi connectivity index (χ4v) is 3.35. The Bertz CT molecular complexity index is 1040. The average Bonchev–Trinajstić information content (AvgIpc) is 3.21. The van der Waals surface area contributed by atoms with Crippen molar-refractivity contribution in [3.8, 4) is 17.3 Å². The van der Waals surface area contributed by atoms with Gasteiger partial charge in [0.05, 0.1) is 19.5 Å². The summed E-state index contributed by atoms with van der Waals surface area (Å²) in [5.74, 6) is 1.32. The first kappa shape index (κ1) is 22.1. The number of hydrogen-bond donors (Lipinski definition) is 1. The lowest BCUT2D eigenvalue weighted by Gasteiger charge is -2.21. The maximum Gasteiger partial charge on any atom is 0.243 e. The number of amides is 1. The average molecular weight is 423 g/mol. The van der Waals surface area contributed by atoms with E-state index in [1.54, 1.807) is 30.3 Å². The Kier molecular flexibility index (Phi) is 7.12. The number of aryl methyl sites for hydroxylation is 1. The molecular formula is C23H26FN5O2. The van der Waals surface area contributed by atoms with E-state index in [4.69, 9.17) is 14.7 Å². The molecule has 2 heterocycles. The summed E-state index contributed by atoms with van der Waals surface area (Å²) in [6.07, 6.45) is 8.71. The van der Waals surface area contributed by atoms with E-state index in [-0.39, 0.29) is 18.3 Å². The molecule has 0 aromatic carbocycles. The second-order valence-electron chi connectivity index (χ2n) is 7.27. The number of anilines is 1. The predicted octanol–water partition coefficient (Wildman–Crippen LogP) is 3.53. The van der Waals surface area contributed by atoms with Crippen molar-refractivity contribution < 1.29 is 13.9 Å². The Morgan fingerprint density at radius 3 is 2.94 bits per heavy atom. The first-order chi connectivity index (χ1) is 14.9. The van der Waals surface area contributed by atoms with Gasteiger partial charge in [-0.05, 0) is 44.4 Å². The van der Waals surface area contributed by atoms with Gasteiger partial charge in [0.2, 0.25) is 5.91 Å². The van der Waals surface area contributed by atoms with Crippen molar-refractivity contribution in [2.75, 3.05) is 25.6 Å². The molecule has 1 amide bonds. The third-order valence-corrected chi connectivity index (χ3v) is 4.77. The van der Waals surface area contributed by atoms with Crippen LogP contribution in [0, 0.1) is 0 Å². The van der Waals surface area contributed by atoms with Crippen LogP contribution in [-0.2, 0) is 17.6 Å². The standard InChI is InChI=1S/C23H26FN5O2/c1-15(24)7-5-8-16(2)26-21(30)14-29(3)23-18-9-6-10-19(18)27-22(28-23)20-13-17(31-4)11-12-25-20/h5,7-8,11-13H,2,6,9-10,14H2,1,3-4H3,(H,26,30)/b8-5-,15-7+. The van der Waals surface area contributed by atoms with Crippen LogP contribution in [0.4, 0.5) is 10.2 Å². The van der Waals surface area contributed by atoms with E-state index in [1.807, 2.05) is 7.05 Å². The lowest BCUT2D eigenvalue weighted by Crippen LogP contribution is -2.35. The van der Waals surface area contributed by atoms with E-state index in [0.717, 1.165) is 36.3 Å². The van der Waals surface area contributed by atoms with Gasteiger partial charge in [0.25, 0.3) is 0 Å². The first-order valence-corrected chi connectivity index (χ1v) is 9.98. The number of rotatable bonds is 8. The molecule has 2 aromatic heterocycles. The number of hydrogen-bond acceptors (Lipinski definition) is 6. The number of nitrogens with zero attached hydrogens (tertiary/aromatic N) is 4. The monoisotopic (exact) mass is 423 g/mol. The molecule has 0 saturated heterocycles. The minimum atomic E-state index is -0.325. The Balaban J connectivity index is 1.79. The van der Waals surface area contributed by atoms with Crippen LogP contribution in [0.5, 0.6) is 5.75 Å². The molecule has 0 saturated carbocycles. The van der Waals surface area contributed by atoms with Gasteiger partial charge in [0.15, 0.2) is 5.82 Å². The quantitative estimate of drug-likeness (QED) is 0.655. The second-order valence-corrected chi connectivity index (χ2v) is 7.27. The smallest absolute Gasteiger partial charge is 0.243 e. The maximum absolute atomic E-state index is 12.7. The van der Waals surface area contributed by atoms with Gasteiger partial charge < -0.3 is 15.0 Å². The SMILES string of the molecule is C=C(/C=C\C=C(/C)F)NC(=O)CN(C)c1nc(-c2cc(OC)ccn2)nc2c1CCC2. The maximum atomic E-state index is 12.7. The Hall–Kier alpha value is -3.55. The van der Waals surface area contributed by atoms with Crippen molar-refractivity contribution in [1.29, 1.82) is 0 Å². The molecule has 7 nitrogen and oxygen atoms in total. The van der Waals surface area contributed by atoms with Crippen LogP contribution in [0.3, 0.4) is 0 Å². The molecular weight excluding hydrogens is 397 g/mol. The number of nitrogens with one attached hydrogen (secondary N) is 1. The molecule has 0 atom stereocenters. The normalized spacial score (nSPS) is 13.2. The first-order valence-electron chi connectivity index (χ1n) is 9.98. The van der Waals surface area contributed by atoms with Crippen LogP contribution in [0.15, 0.2) is 54.7 Å². The minimum Gasteiger partial charge on any atom is -0.497 e. The number of aromatic nitrogens is 3. The third-order valence-electron chi connectivity index (χ3n) is 4.77. The molecule has 1 N–H and O–H groups in total. The highest BCUT2D eigenvalue weighted by molar-refractivity contribution is 5.83. The molecule has 2 aromatic rings. The van der Waals surface area contributed by atoms with E-state index < -0.39 is 0 Å². The molecule has 162 valence electrons. The summed E-state index contributed by atoms with van der Waals surface area (Å²) in [4.78, 5) is 28.1. The van der Waals surface area contributed by atoms with Crippen LogP contribution in [0.1, 0.15) is 24.6 Å². The number of methoxy groups -OCH3 is 1. The highest BCUT2D eigenvalue weighted by atomic mass is 19.1. The summed E-state index contributed by atoms with van der Waals surface area (Å²) in [7, 11) is 3.41. The fraction of sp³-hybridized carbons (Fsp3) is 0.304. The molecule has 31 heavy (non-hydrogen) atoms. The summed E-state index contributed by atoms with van der Waals surface area (Å²) in [5.41, 5.74) is 3.04. The molecule has 0 bridgehead atoms. The van der Waals surface area contributed by atoms with Crippen LogP contribution in [0.2, 0.25) is 0 Å². The number of carbonyl (C=O) groups excluding carboxylic acids is 1. The predicted molar refractivity (Wildman–Crippen MR) is 118 cm³/mol. The Labute approximate surface area is 181 Å². The van der Waals surface area contributed by atoms with Crippen molar-refractivity contribution in [2.45, 2.75) is 26.2 Å². The Morgan fingerprint density at radius 2 is 2.19 bits per heavy atom. The largest absolute Gasteiger partial charge is 0.497 e. The molecule has 8 heteroatoms. The summed E-state index contributed by atoms with van der Waals surface area (Å²) in [6.45, 7) is 5.19. The third kappa shape index (κ3) is 5.75. The number of halogens is 1. The van der Waals surface area contributed by atoms with Crippen LogP contribution in [0.25, 0.3) is 11.5 Å². The molecule has 0 spiro atoms. The zero-order valence-corrected chi connectivity index (χ0v) is 18.0. The lowest BCUT2D eigenvalue weighted by atomic mass is 10.2. The number of pyridine rings is 1. The number of ether oxygens (including phenoxy) is 1. The van der Waals surface area contributed by atoms with Gasteiger partial charge >= 0.3 is 0 Å². The summed E-state index contributed by atoms with van der Waals surface area (Å²) < 4.78 is 18.0. The second kappa shape index (κ2) is 9.97. The topological polar surface area (TPSA) is 80.2 Å². The van der Waals surface area contributed by atoms with Crippen molar-refractivity contribution in [2.24, 2.45) is 0 Å². The molecule has 0 aliphatic heterocycles. The molecule has 0 fully saturated rings.